The second-order valence-electron chi connectivity index (χ2n) is 12.8. The fourth-order valence-electron chi connectivity index (χ4n) is 7.17. The summed E-state index contributed by atoms with van der Waals surface area (Å²) in [6, 6.07) is 61.0. The van der Waals surface area contributed by atoms with Gasteiger partial charge in [0.05, 0.1) is 0 Å². The molecule has 0 N–H and O–H groups in total. The van der Waals surface area contributed by atoms with Crippen LogP contribution < -0.4 is 0 Å². The van der Waals surface area contributed by atoms with Crippen LogP contribution in [0.15, 0.2) is 180 Å². The minimum atomic E-state index is 0.590. The Morgan fingerprint density at radius 1 is 0.314 bits per heavy atom. The largest absolute Gasteiger partial charge is 0.456 e. The van der Waals surface area contributed by atoms with E-state index < -0.39 is 0 Å². The quantitative estimate of drug-likeness (QED) is 0.186. The molecule has 2 heterocycles. The molecule has 10 aromatic rings. The number of rotatable bonds is 5. The first kappa shape index (κ1) is 29.0. The lowest BCUT2D eigenvalue weighted by Gasteiger charge is -2.10. The summed E-state index contributed by atoms with van der Waals surface area (Å²) in [5.74, 6) is 1.83. The summed E-state index contributed by atoms with van der Waals surface area (Å²) in [6.07, 6.45) is 0. The van der Waals surface area contributed by atoms with E-state index >= 15 is 0 Å². The first-order valence-electron chi connectivity index (χ1n) is 17.1. The molecule has 0 saturated heterocycles. The lowest BCUT2D eigenvalue weighted by atomic mass is 9.95. The molecule has 0 radical (unpaired) electrons. The standard InChI is InChI=1S/C47H29N3O/c1-3-11-30(12-4-1)32-19-22-34(23-20-32)45-48-46(36-24-21-31-13-7-8-16-35(31)27-36)50-47(49-45)37-25-26-40-42(28-37)51-43-29-41(33-14-5-2-6-15-33)38-17-9-10-18-39(38)44(40)43/h1-29H. The van der Waals surface area contributed by atoms with E-state index in [0.29, 0.717) is 17.5 Å². The summed E-state index contributed by atoms with van der Waals surface area (Å²) >= 11 is 0. The molecule has 2 aromatic heterocycles. The van der Waals surface area contributed by atoms with Gasteiger partial charge in [0.1, 0.15) is 11.2 Å². The van der Waals surface area contributed by atoms with Gasteiger partial charge >= 0.3 is 0 Å². The maximum atomic E-state index is 6.65. The number of benzene rings is 8. The molecule has 0 unspecified atom stereocenters. The zero-order chi connectivity index (χ0) is 33.7. The highest BCUT2D eigenvalue weighted by Crippen LogP contribution is 2.41. The first-order valence-corrected chi connectivity index (χ1v) is 17.1. The first-order chi connectivity index (χ1) is 25.2. The average molecular weight is 652 g/mol. The summed E-state index contributed by atoms with van der Waals surface area (Å²) in [5, 5.41) is 6.84. The van der Waals surface area contributed by atoms with Gasteiger partial charge in [0.15, 0.2) is 17.5 Å². The van der Waals surface area contributed by atoms with Crippen molar-refractivity contribution in [2.75, 3.05) is 0 Å². The Morgan fingerprint density at radius 2 is 0.843 bits per heavy atom. The van der Waals surface area contributed by atoms with E-state index in [1.54, 1.807) is 0 Å². The molecule has 0 spiro atoms. The maximum Gasteiger partial charge on any atom is 0.164 e. The minimum absolute atomic E-state index is 0.590. The Kier molecular flexibility index (Phi) is 6.78. The van der Waals surface area contributed by atoms with Gasteiger partial charge in [-0.05, 0) is 68.1 Å². The third-order valence-electron chi connectivity index (χ3n) is 9.72. The summed E-state index contributed by atoms with van der Waals surface area (Å²) < 4.78 is 6.65. The molecule has 0 aliphatic carbocycles. The molecule has 0 bridgehead atoms. The predicted octanol–water partition coefficient (Wildman–Crippen LogP) is 12.4. The van der Waals surface area contributed by atoms with Gasteiger partial charge in [-0.2, -0.15) is 0 Å². The molecule has 0 fully saturated rings. The number of hydrogen-bond acceptors (Lipinski definition) is 4. The molecule has 0 atom stereocenters. The summed E-state index contributed by atoms with van der Waals surface area (Å²) in [5.41, 5.74) is 8.98. The van der Waals surface area contributed by atoms with Gasteiger partial charge in [0.25, 0.3) is 0 Å². The zero-order valence-corrected chi connectivity index (χ0v) is 27.5. The average Bonchev–Trinajstić information content (AvgIpc) is 3.59. The van der Waals surface area contributed by atoms with E-state index in [-0.39, 0.29) is 0 Å². The number of furan rings is 1. The van der Waals surface area contributed by atoms with Crippen LogP contribution in [0.1, 0.15) is 0 Å². The van der Waals surface area contributed by atoms with Gasteiger partial charge in [-0.25, -0.2) is 15.0 Å². The van der Waals surface area contributed by atoms with Crippen LogP contribution in [0.4, 0.5) is 0 Å². The van der Waals surface area contributed by atoms with E-state index in [1.807, 2.05) is 12.1 Å². The molecular weight excluding hydrogens is 623 g/mol. The summed E-state index contributed by atoms with van der Waals surface area (Å²) in [6.45, 7) is 0. The molecule has 4 nitrogen and oxygen atoms in total. The van der Waals surface area contributed by atoms with Gasteiger partial charge < -0.3 is 4.42 Å². The van der Waals surface area contributed by atoms with Crippen molar-refractivity contribution >= 4 is 43.5 Å². The molecule has 0 aliphatic heterocycles. The van der Waals surface area contributed by atoms with Crippen LogP contribution in [0, 0.1) is 0 Å². The number of hydrogen-bond donors (Lipinski definition) is 0. The third kappa shape index (κ3) is 5.13. The fraction of sp³-hybridized carbons (Fsp3) is 0. The van der Waals surface area contributed by atoms with Crippen molar-refractivity contribution < 1.29 is 4.42 Å². The van der Waals surface area contributed by atoms with Gasteiger partial charge in [0, 0.05) is 27.5 Å². The van der Waals surface area contributed by atoms with Crippen molar-refractivity contribution in [2.45, 2.75) is 0 Å². The Bertz CT molecular complexity index is 2900. The third-order valence-corrected chi connectivity index (χ3v) is 9.72. The second-order valence-corrected chi connectivity index (χ2v) is 12.8. The Labute approximate surface area is 294 Å². The van der Waals surface area contributed by atoms with Crippen molar-refractivity contribution in [2.24, 2.45) is 0 Å². The summed E-state index contributed by atoms with van der Waals surface area (Å²) in [7, 11) is 0. The molecule has 4 heteroatoms. The van der Waals surface area contributed by atoms with Crippen LogP contribution in [0.25, 0.3) is 99.9 Å². The number of aromatic nitrogens is 3. The van der Waals surface area contributed by atoms with Gasteiger partial charge in [0.2, 0.25) is 0 Å². The van der Waals surface area contributed by atoms with Crippen LogP contribution in [-0.4, -0.2) is 15.0 Å². The predicted molar refractivity (Wildman–Crippen MR) is 209 cm³/mol. The maximum absolute atomic E-state index is 6.65. The van der Waals surface area contributed by atoms with Crippen molar-refractivity contribution in [1.29, 1.82) is 0 Å². The van der Waals surface area contributed by atoms with Crippen LogP contribution in [0.2, 0.25) is 0 Å². The summed E-state index contributed by atoms with van der Waals surface area (Å²) in [4.78, 5) is 15.2. The molecule has 0 saturated carbocycles. The highest BCUT2D eigenvalue weighted by molar-refractivity contribution is 6.22. The minimum Gasteiger partial charge on any atom is -0.456 e. The Hall–Kier alpha value is -6.91. The number of fused-ring (bicyclic) bond motifs is 6. The van der Waals surface area contributed by atoms with Crippen molar-refractivity contribution in [1.82, 2.24) is 15.0 Å². The monoisotopic (exact) mass is 651 g/mol. The molecule has 0 amide bonds. The smallest absolute Gasteiger partial charge is 0.164 e. The van der Waals surface area contributed by atoms with Crippen LogP contribution >= 0.6 is 0 Å². The van der Waals surface area contributed by atoms with Gasteiger partial charge in [-0.1, -0.05) is 152 Å². The van der Waals surface area contributed by atoms with E-state index in [4.69, 9.17) is 19.4 Å². The molecule has 10 rings (SSSR count). The SMILES string of the molecule is c1ccc(-c2ccc(-c3nc(-c4ccc5ccccc5c4)nc(-c4ccc5c(c4)oc4cc(-c6ccccc6)c6ccccc6c45)n3)cc2)cc1. The molecule has 51 heavy (non-hydrogen) atoms. The fourth-order valence-corrected chi connectivity index (χ4v) is 7.17. The van der Waals surface area contributed by atoms with Crippen LogP contribution in [-0.2, 0) is 0 Å². The normalized spacial score (nSPS) is 11.5. The number of nitrogens with zero attached hydrogens (tertiary/aromatic N) is 3. The van der Waals surface area contributed by atoms with E-state index in [2.05, 4.69) is 164 Å². The molecule has 8 aromatic carbocycles. The lowest BCUT2D eigenvalue weighted by molar-refractivity contribution is 0.669. The zero-order valence-electron chi connectivity index (χ0n) is 27.5. The van der Waals surface area contributed by atoms with Crippen molar-refractivity contribution in [3.63, 3.8) is 0 Å². The van der Waals surface area contributed by atoms with Crippen molar-refractivity contribution in [3.8, 4) is 56.4 Å². The Balaban J connectivity index is 1.14. The molecular formula is C47H29N3O. The molecule has 0 aliphatic rings. The van der Waals surface area contributed by atoms with E-state index in [9.17, 15) is 0 Å². The van der Waals surface area contributed by atoms with Crippen LogP contribution in [0.3, 0.4) is 0 Å². The second kappa shape index (κ2) is 11.9. The molecule has 238 valence electrons. The topological polar surface area (TPSA) is 51.8 Å². The van der Waals surface area contributed by atoms with E-state index in [0.717, 1.165) is 60.7 Å². The van der Waals surface area contributed by atoms with Crippen molar-refractivity contribution in [3.05, 3.63) is 176 Å². The highest BCUT2D eigenvalue weighted by atomic mass is 16.3. The lowest BCUT2D eigenvalue weighted by Crippen LogP contribution is -2.00. The van der Waals surface area contributed by atoms with Crippen LogP contribution in [0.5, 0.6) is 0 Å². The Morgan fingerprint density at radius 3 is 1.59 bits per heavy atom. The van der Waals surface area contributed by atoms with Gasteiger partial charge in [-0.3, -0.25) is 0 Å². The highest BCUT2D eigenvalue weighted by Gasteiger charge is 2.18. The van der Waals surface area contributed by atoms with Gasteiger partial charge in [-0.15, -0.1) is 0 Å². The van der Waals surface area contributed by atoms with E-state index in [1.165, 1.54) is 21.7 Å².